The summed E-state index contributed by atoms with van der Waals surface area (Å²) >= 11 is 0. The highest BCUT2D eigenvalue weighted by atomic mass is 32.2. The smallest absolute Gasteiger partial charge is 0.286 e. The summed E-state index contributed by atoms with van der Waals surface area (Å²) < 4.78 is 37.8. The summed E-state index contributed by atoms with van der Waals surface area (Å²) in [5.41, 5.74) is 0.805. The highest BCUT2D eigenvalue weighted by molar-refractivity contribution is 7.89. The Morgan fingerprint density at radius 1 is 1.33 bits per heavy atom. The number of carbonyl (C=O) groups excluding carboxylic acids is 1. The molecule has 1 N–H and O–H groups in total. The van der Waals surface area contributed by atoms with Crippen molar-refractivity contribution in [2.75, 3.05) is 37.9 Å². The molecule has 2 aromatic rings. The highest BCUT2D eigenvalue weighted by Crippen LogP contribution is 2.19. The number of sulfonamides is 1. The van der Waals surface area contributed by atoms with E-state index in [4.69, 9.17) is 14.7 Å². The summed E-state index contributed by atoms with van der Waals surface area (Å²) in [7, 11) is -3.75. The zero-order valence-corrected chi connectivity index (χ0v) is 18.0. The molecular weight excluding hydrogens is 410 g/mol. The molecule has 0 bridgehead atoms. The Bertz CT molecular complexity index is 1010. The SMILES string of the molecule is CCCCOCC(=O)C1CN(S(=O)(=O)c2ccc(C)cc2)CCN1[n+]1cc(=N)o[n-]1. The minimum atomic E-state index is -3.75. The van der Waals surface area contributed by atoms with Crippen molar-refractivity contribution in [3.05, 3.63) is 41.6 Å². The first-order valence-corrected chi connectivity index (χ1v) is 11.3. The van der Waals surface area contributed by atoms with Crippen LogP contribution in [0.5, 0.6) is 0 Å². The number of ketones is 1. The maximum absolute atomic E-state index is 13.1. The Kier molecular flexibility index (Phi) is 7.06. The number of carbonyl (C=O) groups is 1. The number of piperazine rings is 1. The largest absolute Gasteiger partial charge is 0.380 e. The molecule has 1 aliphatic rings. The fourth-order valence-corrected chi connectivity index (χ4v) is 4.65. The number of benzene rings is 1. The van der Waals surface area contributed by atoms with E-state index in [0.717, 1.165) is 18.4 Å². The summed E-state index contributed by atoms with van der Waals surface area (Å²) in [5.74, 6) is -0.253. The molecule has 0 amide bonds. The number of hydrogen-bond donors (Lipinski definition) is 1. The lowest BCUT2D eigenvalue weighted by atomic mass is 10.1. The van der Waals surface area contributed by atoms with Crippen LogP contribution >= 0.6 is 0 Å². The van der Waals surface area contributed by atoms with Crippen LogP contribution < -0.4 is 20.6 Å². The van der Waals surface area contributed by atoms with E-state index in [1.165, 1.54) is 15.3 Å². The fraction of sp³-hybridized carbons (Fsp3) is 0.526. The number of ether oxygens (including phenoxy) is 1. The molecule has 30 heavy (non-hydrogen) atoms. The van der Waals surface area contributed by atoms with Gasteiger partial charge in [0.25, 0.3) is 11.8 Å². The van der Waals surface area contributed by atoms with Crippen LogP contribution in [0.15, 0.2) is 39.9 Å². The van der Waals surface area contributed by atoms with Gasteiger partial charge in [0.2, 0.25) is 10.0 Å². The molecule has 2 heterocycles. The summed E-state index contributed by atoms with van der Waals surface area (Å²) in [4.78, 5) is 14.4. The number of Topliss-reactive ketones (excluding diaryl/α,β-unsaturated/α-hetero) is 1. The zero-order valence-electron chi connectivity index (χ0n) is 17.2. The van der Waals surface area contributed by atoms with Crippen LogP contribution in [0.2, 0.25) is 0 Å². The minimum absolute atomic E-state index is 0.0423. The number of rotatable bonds is 9. The second-order valence-corrected chi connectivity index (χ2v) is 9.15. The molecule has 0 spiro atoms. The van der Waals surface area contributed by atoms with Crippen molar-refractivity contribution in [1.82, 2.24) is 9.58 Å². The van der Waals surface area contributed by atoms with E-state index in [0.29, 0.717) is 6.61 Å². The second kappa shape index (κ2) is 9.54. The summed E-state index contributed by atoms with van der Waals surface area (Å²) in [6.07, 6.45) is 3.13. The first-order valence-electron chi connectivity index (χ1n) is 9.87. The van der Waals surface area contributed by atoms with Gasteiger partial charge in [-0.25, -0.2) is 8.42 Å². The summed E-state index contributed by atoms with van der Waals surface area (Å²) in [6.45, 7) is 4.61. The van der Waals surface area contributed by atoms with Crippen molar-refractivity contribution < 1.29 is 27.3 Å². The third-order valence-corrected chi connectivity index (χ3v) is 6.83. The van der Waals surface area contributed by atoms with Crippen LogP contribution in [0, 0.1) is 12.3 Å². The van der Waals surface area contributed by atoms with Crippen LogP contribution in [0.1, 0.15) is 25.3 Å². The van der Waals surface area contributed by atoms with Gasteiger partial charge < -0.3 is 9.26 Å². The second-order valence-electron chi connectivity index (χ2n) is 7.21. The predicted octanol–water partition coefficient (Wildman–Crippen LogP) is -0.291. The summed E-state index contributed by atoms with van der Waals surface area (Å²) in [5, 5.41) is 12.9. The molecule has 11 heteroatoms. The van der Waals surface area contributed by atoms with Gasteiger partial charge in [0, 0.05) is 26.2 Å². The first-order chi connectivity index (χ1) is 14.3. The predicted molar refractivity (Wildman–Crippen MR) is 106 cm³/mol. The maximum atomic E-state index is 13.1. The van der Waals surface area contributed by atoms with Crippen LogP contribution in [0.3, 0.4) is 0 Å². The number of hydrogen-bond acceptors (Lipinski definition) is 7. The number of unbranched alkanes of at least 4 members (excludes halogenated alkanes) is 1. The van der Waals surface area contributed by atoms with E-state index in [1.807, 2.05) is 13.8 Å². The van der Waals surface area contributed by atoms with Crippen molar-refractivity contribution in [3.63, 3.8) is 0 Å². The van der Waals surface area contributed by atoms with Gasteiger partial charge in [0.15, 0.2) is 5.78 Å². The number of aromatic nitrogens is 2. The molecule has 0 saturated carbocycles. The lowest BCUT2D eigenvalue weighted by molar-refractivity contribution is -0.766. The van der Waals surface area contributed by atoms with Gasteiger partial charge >= 0.3 is 0 Å². The van der Waals surface area contributed by atoms with Gasteiger partial charge in [0.05, 0.1) is 10.9 Å². The molecular formula is C19H27N5O5S. The van der Waals surface area contributed by atoms with Crippen molar-refractivity contribution in [3.8, 4) is 0 Å². The van der Waals surface area contributed by atoms with Crippen LogP contribution in [-0.2, 0) is 19.6 Å². The Labute approximate surface area is 175 Å². The van der Waals surface area contributed by atoms with E-state index < -0.39 is 16.1 Å². The molecule has 1 unspecified atom stereocenters. The molecule has 1 aromatic heterocycles. The highest BCUT2D eigenvalue weighted by Gasteiger charge is 2.37. The van der Waals surface area contributed by atoms with Gasteiger partial charge in [-0.05, 0) is 30.7 Å². The van der Waals surface area contributed by atoms with Crippen LogP contribution in [-0.4, -0.2) is 57.4 Å². The Morgan fingerprint density at radius 2 is 2.07 bits per heavy atom. The molecule has 10 nitrogen and oxygen atoms in total. The third-order valence-electron chi connectivity index (χ3n) is 4.95. The van der Waals surface area contributed by atoms with Crippen molar-refractivity contribution >= 4 is 15.8 Å². The Morgan fingerprint density at radius 3 is 2.70 bits per heavy atom. The van der Waals surface area contributed by atoms with Crippen molar-refractivity contribution in [2.24, 2.45) is 0 Å². The van der Waals surface area contributed by atoms with E-state index in [9.17, 15) is 13.2 Å². The molecule has 164 valence electrons. The van der Waals surface area contributed by atoms with Crippen molar-refractivity contribution in [1.29, 1.82) is 5.41 Å². The average molecular weight is 438 g/mol. The monoisotopic (exact) mass is 437 g/mol. The Balaban J connectivity index is 1.82. The number of nitrogens with zero attached hydrogens (tertiary/aromatic N) is 4. The standard InChI is InChI=1S/C19H27N5O5S/c1-3-4-11-28-14-18(25)17-12-22(9-10-23(17)24-13-19(20)29-21-24)30(26,27)16-7-5-15(2)6-8-16/h5-8,13,17,20H,3-4,9-12,14H2,1-2H3. The number of nitrogens with one attached hydrogen (secondary N) is 1. The summed E-state index contributed by atoms with van der Waals surface area (Å²) in [6, 6.07) is 5.82. The van der Waals surface area contributed by atoms with Gasteiger partial charge in [0.1, 0.15) is 6.61 Å². The first kappa shape index (κ1) is 22.2. The van der Waals surface area contributed by atoms with Crippen LogP contribution in [0.4, 0.5) is 0 Å². The van der Waals surface area contributed by atoms with Gasteiger partial charge in [-0.2, -0.15) is 4.31 Å². The Hall–Kier alpha value is -2.50. The fourth-order valence-electron chi connectivity index (χ4n) is 3.21. The zero-order chi connectivity index (χ0) is 21.7. The normalized spacial score (nSPS) is 17.9. The minimum Gasteiger partial charge on any atom is -0.380 e. The average Bonchev–Trinajstić information content (AvgIpc) is 3.17. The molecule has 0 aliphatic carbocycles. The molecule has 1 atom stereocenters. The molecule has 1 aliphatic heterocycles. The molecule has 1 aromatic carbocycles. The maximum Gasteiger partial charge on any atom is 0.286 e. The molecule has 0 radical (unpaired) electrons. The quantitative estimate of drug-likeness (QED) is 0.422. The molecule has 1 saturated heterocycles. The van der Waals surface area contributed by atoms with E-state index in [2.05, 4.69) is 5.27 Å². The van der Waals surface area contributed by atoms with Gasteiger partial charge in [-0.1, -0.05) is 35.8 Å². The van der Waals surface area contributed by atoms with E-state index >= 15 is 0 Å². The van der Waals surface area contributed by atoms with Crippen LogP contribution in [0.25, 0.3) is 0 Å². The lowest BCUT2D eigenvalue weighted by Crippen LogP contribution is -2.73. The van der Waals surface area contributed by atoms with Crippen molar-refractivity contribution in [2.45, 2.75) is 37.6 Å². The molecule has 3 rings (SSSR count). The van der Waals surface area contributed by atoms with Gasteiger partial charge in [-0.15, -0.1) is 0 Å². The van der Waals surface area contributed by atoms with E-state index in [1.54, 1.807) is 29.3 Å². The lowest BCUT2D eigenvalue weighted by Gasteiger charge is -2.40. The molecule has 1 fully saturated rings. The topological polar surface area (TPSA) is 122 Å². The van der Waals surface area contributed by atoms with Gasteiger partial charge in [-0.3, -0.25) is 15.2 Å². The van der Waals surface area contributed by atoms with E-state index in [-0.39, 0.29) is 42.5 Å². The number of aryl methyl sites for hydroxylation is 1. The third kappa shape index (κ3) is 4.97.